The van der Waals surface area contributed by atoms with Crippen molar-refractivity contribution in [2.24, 2.45) is 7.05 Å². The Labute approximate surface area is 222 Å². The molecule has 1 N–H and O–H groups in total. The molecule has 0 radical (unpaired) electrons. The minimum absolute atomic E-state index is 0.0192. The average molecular weight is 542 g/mol. The number of benzene rings is 2. The summed E-state index contributed by atoms with van der Waals surface area (Å²) in [5.74, 6) is 0.704. The minimum Gasteiger partial charge on any atom is -0.497 e. The van der Waals surface area contributed by atoms with Crippen LogP contribution in [-0.4, -0.2) is 31.7 Å². The third kappa shape index (κ3) is 5.68. The minimum atomic E-state index is -0.642. The van der Waals surface area contributed by atoms with Gasteiger partial charge in [-0.15, -0.1) is 0 Å². The molecule has 192 valence electrons. The lowest BCUT2D eigenvalue weighted by atomic mass is 10.0. The number of nitrogens with one attached hydrogen (secondary N) is 1. The van der Waals surface area contributed by atoms with Crippen molar-refractivity contribution in [2.45, 2.75) is 32.7 Å². The van der Waals surface area contributed by atoms with E-state index >= 15 is 0 Å². The molecule has 0 atom stereocenters. The van der Waals surface area contributed by atoms with E-state index in [1.807, 2.05) is 38.1 Å². The Bertz CT molecular complexity index is 1620. The molecule has 0 spiro atoms. The van der Waals surface area contributed by atoms with E-state index in [0.717, 1.165) is 16.0 Å². The summed E-state index contributed by atoms with van der Waals surface area (Å²) in [6.45, 7) is 4.19. The number of ether oxygens (including phenoxy) is 1. The second kappa shape index (κ2) is 10.7. The van der Waals surface area contributed by atoms with Crippen molar-refractivity contribution in [1.82, 2.24) is 24.5 Å². The summed E-state index contributed by atoms with van der Waals surface area (Å²) in [4.78, 5) is 39.3. The third-order valence-electron chi connectivity index (χ3n) is 5.92. The lowest BCUT2D eigenvalue weighted by molar-refractivity contribution is 0.414. The fourth-order valence-corrected chi connectivity index (χ4v) is 4.51. The molecule has 0 aliphatic carbocycles. The maximum absolute atomic E-state index is 13.1. The smallest absolute Gasteiger partial charge is 0.344 e. The van der Waals surface area contributed by atoms with Gasteiger partial charge in [-0.3, -0.25) is 14.6 Å². The lowest BCUT2D eigenvalue weighted by Gasteiger charge is -2.14. The van der Waals surface area contributed by atoms with Crippen LogP contribution < -0.4 is 21.5 Å². The maximum Gasteiger partial charge on any atom is 0.344 e. The zero-order valence-corrected chi connectivity index (χ0v) is 22.2. The summed E-state index contributed by atoms with van der Waals surface area (Å²) in [5.41, 5.74) is 1.69. The standard InChI is InChI=1S/C26H25Cl2N5O4/c1-14(2)19-11-17(30-33(25(19)35)13-15-5-7-18(37-4)8-6-15)12-20-21(27)9-16(10-22(20)28)23-24(34)29-26(36)32(3)31-23/h5-11,14H,12-13H2,1-4H3,(H,29,34,36). The van der Waals surface area contributed by atoms with Crippen molar-refractivity contribution in [1.29, 1.82) is 0 Å². The number of hydrogen-bond donors (Lipinski definition) is 1. The van der Waals surface area contributed by atoms with Gasteiger partial charge in [0.15, 0.2) is 5.69 Å². The van der Waals surface area contributed by atoms with Gasteiger partial charge in [0.1, 0.15) is 5.75 Å². The van der Waals surface area contributed by atoms with Crippen LogP contribution in [0.5, 0.6) is 5.75 Å². The van der Waals surface area contributed by atoms with Crippen LogP contribution in [0.2, 0.25) is 10.0 Å². The van der Waals surface area contributed by atoms with Crippen molar-refractivity contribution in [3.05, 3.63) is 106 Å². The van der Waals surface area contributed by atoms with Gasteiger partial charge >= 0.3 is 5.69 Å². The van der Waals surface area contributed by atoms with E-state index in [1.54, 1.807) is 25.3 Å². The molecule has 0 aliphatic rings. The molecule has 0 bridgehead atoms. The molecule has 0 saturated carbocycles. The van der Waals surface area contributed by atoms with E-state index in [-0.39, 0.29) is 30.1 Å². The highest BCUT2D eigenvalue weighted by Gasteiger charge is 2.17. The Hall–Kier alpha value is -3.69. The molecular weight excluding hydrogens is 517 g/mol. The molecule has 4 aromatic rings. The first kappa shape index (κ1) is 26.4. The molecule has 4 rings (SSSR count). The van der Waals surface area contributed by atoms with Gasteiger partial charge in [-0.25, -0.2) is 14.2 Å². The molecule has 11 heteroatoms. The highest BCUT2D eigenvalue weighted by atomic mass is 35.5. The third-order valence-corrected chi connectivity index (χ3v) is 6.59. The van der Waals surface area contributed by atoms with Crippen molar-refractivity contribution in [3.63, 3.8) is 0 Å². The fourth-order valence-electron chi connectivity index (χ4n) is 3.89. The first-order valence-corrected chi connectivity index (χ1v) is 12.2. The Balaban J connectivity index is 1.72. The molecule has 0 amide bonds. The quantitative estimate of drug-likeness (QED) is 0.381. The lowest BCUT2D eigenvalue weighted by Crippen LogP contribution is -2.31. The van der Waals surface area contributed by atoms with E-state index in [1.165, 1.54) is 11.7 Å². The Kier molecular flexibility index (Phi) is 7.65. The Morgan fingerprint density at radius 1 is 1.00 bits per heavy atom. The van der Waals surface area contributed by atoms with Crippen LogP contribution in [0.4, 0.5) is 0 Å². The summed E-state index contributed by atoms with van der Waals surface area (Å²) >= 11 is 13.2. The van der Waals surface area contributed by atoms with E-state index in [4.69, 9.17) is 27.9 Å². The van der Waals surface area contributed by atoms with Crippen LogP contribution in [-0.2, 0) is 20.0 Å². The van der Waals surface area contributed by atoms with Crippen molar-refractivity contribution in [2.75, 3.05) is 7.11 Å². The highest BCUT2D eigenvalue weighted by molar-refractivity contribution is 6.36. The summed E-state index contributed by atoms with van der Waals surface area (Å²) in [7, 11) is 3.02. The van der Waals surface area contributed by atoms with Crippen molar-refractivity contribution < 1.29 is 4.74 Å². The summed E-state index contributed by atoms with van der Waals surface area (Å²) in [6, 6.07) is 12.4. The maximum atomic E-state index is 13.1. The molecule has 0 fully saturated rings. The number of nitrogens with zero attached hydrogens (tertiary/aromatic N) is 4. The molecule has 2 aromatic carbocycles. The van der Waals surface area contributed by atoms with Gasteiger partial charge in [0.05, 0.1) is 19.3 Å². The van der Waals surface area contributed by atoms with Gasteiger partial charge in [0.25, 0.3) is 11.1 Å². The zero-order valence-electron chi connectivity index (χ0n) is 20.7. The topological polar surface area (TPSA) is 112 Å². The molecule has 0 saturated heterocycles. The predicted molar refractivity (Wildman–Crippen MR) is 143 cm³/mol. The van der Waals surface area contributed by atoms with Crippen molar-refractivity contribution in [3.8, 4) is 17.0 Å². The Morgan fingerprint density at radius 3 is 2.24 bits per heavy atom. The van der Waals surface area contributed by atoms with Gasteiger partial charge in [-0.1, -0.05) is 49.2 Å². The van der Waals surface area contributed by atoms with E-state index in [0.29, 0.717) is 32.4 Å². The summed E-state index contributed by atoms with van der Waals surface area (Å²) in [5, 5.41) is 9.23. The fraction of sp³-hybridized carbons (Fsp3) is 0.269. The van der Waals surface area contributed by atoms with E-state index in [9.17, 15) is 14.4 Å². The van der Waals surface area contributed by atoms with Crippen LogP contribution >= 0.6 is 23.2 Å². The first-order chi connectivity index (χ1) is 17.6. The monoisotopic (exact) mass is 541 g/mol. The van der Waals surface area contributed by atoms with E-state index < -0.39 is 11.2 Å². The average Bonchev–Trinajstić information content (AvgIpc) is 2.85. The normalized spacial score (nSPS) is 11.2. The van der Waals surface area contributed by atoms with Crippen LogP contribution in [0, 0.1) is 0 Å². The number of aryl methyl sites for hydroxylation is 1. The second-order valence-electron chi connectivity index (χ2n) is 8.88. The van der Waals surface area contributed by atoms with Gasteiger partial charge in [-0.05, 0) is 47.4 Å². The summed E-state index contributed by atoms with van der Waals surface area (Å²) < 4.78 is 7.67. The summed E-state index contributed by atoms with van der Waals surface area (Å²) in [6.07, 6.45) is 0.262. The number of rotatable bonds is 7. The van der Waals surface area contributed by atoms with Gasteiger partial charge in [-0.2, -0.15) is 10.2 Å². The number of hydrogen-bond acceptors (Lipinski definition) is 6. The highest BCUT2D eigenvalue weighted by Crippen LogP contribution is 2.31. The first-order valence-electron chi connectivity index (χ1n) is 11.5. The molecule has 9 nitrogen and oxygen atoms in total. The molecule has 2 heterocycles. The molecule has 2 aromatic heterocycles. The second-order valence-corrected chi connectivity index (χ2v) is 9.70. The number of halogens is 2. The Morgan fingerprint density at radius 2 is 1.65 bits per heavy atom. The van der Waals surface area contributed by atoms with Gasteiger partial charge in [0.2, 0.25) is 0 Å². The largest absolute Gasteiger partial charge is 0.497 e. The molecule has 0 unspecified atom stereocenters. The number of methoxy groups -OCH3 is 1. The SMILES string of the molecule is COc1ccc(Cn2nc(Cc3c(Cl)cc(-c4nn(C)c(=O)[nH]c4=O)cc3Cl)cc(C(C)C)c2=O)cc1. The van der Waals surface area contributed by atoms with Crippen LogP contribution in [0.3, 0.4) is 0 Å². The molecular formula is C26H25Cl2N5O4. The van der Waals surface area contributed by atoms with Crippen molar-refractivity contribution >= 4 is 23.2 Å². The number of aromatic amines is 1. The van der Waals surface area contributed by atoms with Gasteiger partial charge < -0.3 is 4.74 Å². The van der Waals surface area contributed by atoms with Gasteiger partial charge in [0, 0.05) is 34.6 Å². The van der Waals surface area contributed by atoms with Crippen LogP contribution in [0.25, 0.3) is 11.3 Å². The van der Waals surface area contributed by atoms with E-state index in [2.05, 4.69) is 15.2 Å². The zero-order chi connectivity index (χ0) is 26.9. The predicted octanol–water partition coefficient (Wildman–Crippen LogP) is 3.77. The molecule has 37 heavy (non-hydrogen) atoms. The van der Waals surface area contributed by atoms with Crippen LogP contribution in [0.1, 0.15) is 42.1 Å². The van der Waals surface area contributed by atoms with Crippen LogP contribution in [0.15, 0.2) is 56.8 Å². The molecule has 0 aliphatic heterocycles. The number of aromatic nitrogens is 5. The number of H-pyrrole nitrogens is 1.